The van der Waals surface area contributed by atoms with Crippen LogP contribution in [0.25, 0.3) is 0 Å². The van der Waals surface area contributed by atoms with Crippen LogP contribution in [0.5, 0.6) is 0 Å². The average molecular weight is 236 g/mol. The van der Waals surface area contributed by atoms with Crippen LogP contribution in [0.4, 0.5) is 11.5 Å². The van der Waals surface area contributed by atoms with Crippen LogP contribution in [0.3, 0.4) is 0 Å². The highest BCUT2D eigenvalue weighted by Crippen LogP contribution is 2.34. The van der Waals surface area contributed by atoms with E-state index in [2.05, 4.69) is 46.1 Å². The molecule has 1 aromatic heterocycles. The second-order valence-electron chi connectivity index (χ2n) is 4.37. The quantitative estimate of drug-likeness (QED) is 0.762. The van der Waals surface area contributed by atoms with E-state index in [0.29, 0.717) is 11.5 Å². The highest BCUT2D eigenvalue weighted by Gasteiger charge is 2.23. The summed E-state index contributed by atoms with van der Waals surface area (Å²) in [5.74, 6) is 0.657. The molecule has 0 amide bonds. The van der Waals surface area contributed by atoms with Gasteiger partial charge >= 0.3 is 0 Å². The minimum atomic E-state index is 0.381. The zero-order valence-electron chi connectivity index (χ0n) is 10.1. The summed E-state index contributed by atoms with van der Waals surface area (Å²) in [6.45, 7) is 2.92. The summed E-state index contributed by atoms with van der Waals surface area (Å²) < 4.78 is 0. The lowest BCUT2D eigenvalue weighted by atomic mass is 10.1. The van der Waals surface area contributed by atoms with Crippen LogP contribution in [-0.2, 0) is 6.42 Å². The predicted molar refractivity (Wildman–Crippen MR) is 68.6 cm³/mol. The van der Waals surface area contributed by atoms with Crippen molar-refractivity contribution >= 4 is 11.5 Å². The van der Waals surface area contributed by atoms with Crippen molar-refractivity contribution in [1.29, 1.82) is 5.26 Å². The Labute approximate surface area is 106 Å². The number of aromatic nitrogens is 2. The van der Waals surface area contributed by atoms with Gasteiger partial charge in [-0.15, -0.1) is 0 Å². The van der Waals surface area contributed by atoms with Gasteiger partial charge in [0.15, 0.2) is 11.5 Å². The molecule has 0 saturated carbocycles. The molecule has 2 heterocycles. The second kappa shape index (κ2) is 4.11. The van der Waals surface area contributed by atoms with Crippen LogP contribution in [0.1, 0.15) is 16.8 Å². The van der Waals surface area contributed by atoms with Crippen LogP contribution in [0.2, 0.25) is 0 Å². The maximum absolute atomic E-state index is 9.10. The minimum absolute atomic E-state index is 0.381. The molecule has 4 heteroatoms. The molecule has 0 fully saturated rings. The molecule has 0 spiro atoms. The SMILES string of the molecule is Cc1ccc2c(c1)N(c1nccnc1C#N)CC2. The summed E-state index contributed by atoms with van der Waals surface area (Å²) >= 11 is 0. The van der Waals surface area contributed by atoms with Crippen molar-refractivity contribution in [3.8, 4) is 6.07 Å². The van der Waals surface area contributed by atoms with Crippen LogP contribution in [-0.4, -0.2) is 16.5 Å². The smallest absolute Gasteiger partial charge is 0.183 e. The first kappa shape index (κ1) is 10.7. The van der Waals surface area contributed by atoms with Gasteiger partial charge in [-0.25, -0.2) is 9.97 Å². The number of aryl methyl sites for hydroxylation is 1. The fraction of sp³-hybridized carbons (Fsp3) is 0.214. The van der Waals surface area contributed by atoms with Gasteiger partial charge < -0.3 is 4.90 Å². The summed E-state index contributed by atoms with van der Waals surface area (Å²) in [4.78, 5) is 10.5. The Morgan fingerprint density at radius 1 is 1.28 bits per heavy atom. The molecule has 4 nitrogen and oxygen atoms in total. The van der Waals surface area contributed by atoms with Crippen LogP contribution in [0, 0.1) is 18.3 Å². The Morgan fingerprint density at radius 2 is 2.11 bits per heavy atom. The van der Waals surface area contributed by atoms with E-state index in [9.17, 15) is 0 Å². The van der Waals surface area contributed by atoms with Gasteiger partial charge in [-0.1, -0.05) is 12.1 Å². The zero-order chi connectivity index (χ0) is 12.5. The molecule has 0 bridgehead atoms. The molecule has 0 radical (unpaired) electrons. The Balaban J connectivity index is 2.12. The van der Waals surface area contributed by atoms with Crippen molar-refractivity contribution in [2.75, 3.05) is 11.4 Å². The van der Waals surface area contributed by atoms with E-state index < -0.39 is 0 Å². The third kappa shape index (κ3) is 1.61. The third-order valence-corrected chi connectivity index (χ3v) is 3.18. The maximum Gasteiger partial charge on any atom is 0.183 e. The van der Waals surface area contributed by atoms with Gasteiger partial charge in [0.1, 0.15) is 6.07 Å². The molecule has 3 rings (SSSR count). The number of anilines is 2. The first-order valence-corrected chi connectivity index (χ1v) is 5.88. The lowest BCUT2D eigenvalue weighted by molar-refractivity contribution is 0.958. The van der Waals surface area contributed by atoms with Gasteiger partial charge in [-0.2, -0.15) is 5.26 Å². The van der Waals surface area contributed by atoms with Crippen LogP contribution < -0.4 is 4.90 Å². The van der Waals surface area contributed by atoms with Crippen molar-refractivity contribution in [1.82, 2.24) is 9.97 Å². The van der Waals surface area contributed by atoms with E-state index in [4.69, 9.17) is 5.26 Å². The average Bonchev–Trinajstić information content (AvgIpc) is 2.81. The second-order valence-corrected chi connectivity index (χ2v) is 4.37. The van der Waals surface area contributed by atoms with Crippen molar-refractivity contribution < 1.29 is 0 Å². The first-order chi connectivity index (χ1) is 8.79. The monoisotopic (exact) mass is 236 g/mol. The minimum Gasteiger partial charge on any atom is -0.323 e. The Bertz CT molecular complexity index is 642. The molecule has 0 aliphatic carbocycles. The fourth-order valence-electron chi connectivity index (χ4n) is 2.32. The number of hydrogen-bond donors (Lipinski definition) is 0. The molecular formula is C14H12N4. The highest BCUT2D eigenvalue weighted by atomic mass is 15.2. The number of nitrogens with zero attached hydrogens (tertiary/aromatic N) is 4. The van der Waals surface area contributed by atoms with Crippen LogP contribution in [0.15, 0.2) is 30.6 Å². The third-order valence-electron chi connectivity index (χ3n) is 3.18. The van der Waals surface area contributed by atoms with E-state index in [1.807, 2.05) is 0 Å². The number of nitriles is 1. The largest absolute Gasteiger partial charge is 0.323 e. The van der Waals surface area contributed by atoms with E-state index >= 15 is 0 Å². The van der Waals surface area contributed by atoms with Gasteiger partial charge in [0.25, 0.3) is 0 Å². The van der Waals surface area contributed by atoms with Gasteiger partial charge in [0, 0.05) is 24.6 Å². The van der Waals surface area contributed by atoms with Crippen molar-refractivity contribution in [3.63, 3.8) is 0 Å². The summed E-state index contributed by atoms with van der Waals surface area (Å²) in [7, 11) is 0. The Hall–Kier alpha value is -2.41. The molecule has 1 aromatic carbocycles. The first-order valence-electron chi connectivity index (χ1n) is 5.88. The molecule has 1 aliphatic heterocycles. The molecule has 1 aliphatic rings. The highest BCUT2D eigenvalue weighted by molar-refractivity contribution is 5.70. The van der Waals surface area contributed by atoms with Gasteiger partial charge in [0.05, 0.1) is 0 Å². The van der Waals surface area contributed by atoms with E-state index in [-0.39, 0.29) is 0 Å². The molecule has 0 saturated heterocycles. The number of rotatable bonds is 1. The number of benzene rings is 1. The Kier molecular flexibility index (Phi) is 2.45. The van der Waals surface area contributed by atoms with E-state index in [1.165, 1.54) is 11.1 Å². The topological polar surface area (TPSA) is 52.8 Å². The standard InChI is InChI=1S/C14H12N4/c1-10-2-3-11-4-7-18(13(11)8-10)14-12(9-15)16-5-6-17-14/h2-3,5-6,8H,4,7H2,1H3. The summed E-state index contributed by atoms with van der Waals surface area (Å²) in [5.41, 5.74) is 4.04. The maximum atomic E-state index is 9.10. The van der Waals surface area contributed by atoms with Crippen LogP contribution >= 0.6 is 0 Å². The normalized spacial score (nSPS) is 13.2. The molecule has 88 valence electrons. The fourth-order valence-corrected chi connectivity index (χ4v) is 2.32. The molecule has 0 atom stereocenters. The van der Waals surface area contributed by atoms with Crippen molar-refractivity contribution in [2.24, 2.45) is 0 Å². The summed E-state index contributed by atoms with van der Waals surface area (Å²) in [5, 5.41) is 9.10. The van der Waals surface area contributed by atoms with Gasteiger partial charge in [0.2, 0.25) is 0 Å². The lowest BCUT2D eigenvalue weighted by Crippen LogP contribution is -2.16. The molecule has 0 unspecified atom stereocenters. The molecule has 0 N–H and O–H groups in total. The van der Waals surface area contributed by atoms with Gasteiger partial charge in [-0.05, 0) is 30.5 Å². The summed E-state index contributed by atoms with van der Waals surface area (Å²) in [6, 6.07) is 8.50. The molecule has 18 heavy (non-hydrogen) atoms. The van der Waals surface area contributed by atoms with E-state index in [0.717, 1.165) is 18.7 Å². The number of hydrogen-bond acceptors (Lipinski definition) is 4. The zero-order valence-corrected chi connectivity index (χ0v) is 10.1. The molecular weight excluding hydrogens is 224 g/mol. The van der Waals surface area contributed by atoms with Gasteiger partial charge in [-0.3, -0.25) is 0 Å². The van der Waals surface area contributed by atoms with Crippen molar-refractivity contribution in [2.45, 2.75) is 13.3 Å². The lowest BCUT2D eigenvalue weighted by Gasteiger charge is -2.18. The predicted octanol–water partition coefficient (Wildman–Crippen LogP) is 2.35. The van der Waals surface area contributed by atoms with E-state index in [1.54, 1.807) is 12.4 Å². The Morgan fingerprint density at radius 3 is 2.94 bits per heavy atom. The summed E-state index contributed by atoms with van der Waals surface area (Å²) in [6.07, 6.45) is 4.16. The van der Waals surface area contributed by atoms with Crippen molar-refractivity contribution in [3.05, 3.63) is 47.4 Å². The molecule has 2 aromatic rings. The number of fused-ring (bicyclic) bond motifs is 1.